The number of ether oxygens (including phenoxy) is 2. The van der Waals surface area contributed by atoms with E-state index < -0.39 is 17.6 Å². The van der Waals surface area contributed by atoms with E-state index in [-0.39, 0.29) is 42.4 Å². The number of nitrogens with two attached hydrogens (primary N) is 1. The van der Waals surface area contributed by atoms with Crippen LogP contribution in [0.1, 0.15) is 94.0 Å². The lowest BCUT2D eigenvalue weighted by atomic mass is 9.80. The molecule has 1 aliphatic carbocycles. The topological polar surface area (TPSA) is 142 Å². The normalized spacial score (nSPS) is 19.4. The van der Waals surface area contributed by atoms with Crippen LogP contribution in [0.5, 0.6) is 0 Å². The number of benzene rings is 2. The van der Waals surface area contributed by atoms with Gasteiger partial charge in [-0.05, 0) is 82.1 Å². The van der Waals surface area contributed by atoms with Crippen LogP contribution in [0.25, 0.3) is 22.0 Å². The zero-order chi connectivity index (χ0) is 32.5. The number of amides is 2. The molecule has 4 N–H and O–H groups in total. The maximum Gasteiger partial charge on any atom is 0.407 e. The SMILES string of the molecule is CC1(C)CC(=O)n2c(c(-c3ccc(C(N)=O)c(N[C@H]4CC[C@H](OC(=O)CCNC(=O)OC(C)(C)C)CC4)c3)c3ccccc32)C1. The predicted molar refractivity (Wildman–Crippen MR) is 173 cm³/mol. The average Bonchev–Trinajstić information content (AvgIpc) is 3.26. The molecule has 1 fully saturated rings. The first-order chi connectivity index (χ1) is 21.2. The Kier molecular flexibility index (Phi) is 8.96. The van der Waals surface area contributed by atoms with Crippen molar-refractivity contribution >= 4 is 40.5 Å². The molecular formula is C35H44N4O6. The Bertz CT molecular complexity index is 1620. The van der Waals surface area contributed by atoms with Crippen molar-refractivity contribution in [1.29, 1.82) is 0 Å². The van der Waals surface area contributed by atoms with Crippen molar-refractivity contribution in [2.24, 2.45) is 11.1 Å². The fourth-order valence-electron chi connectivity index (χ4n) is 6.48. The number of nitrogens with zero attached hydrogens (tertiary/aromatic N) is 1. The molecule has 2 aliphatic rings. The van der Waals surface area contributed by atoms with E-state index in [1.807, 2.05) is 41.0 Å². The number of anilines is 1. The standard InChI is InChI=1S/C35H44N4O6/c1-34(2,3)45-33(43)37-17-16-30(41)44-23-13-11-22(12-14-23)38-26-18-21(10-15-24(26)32(36)42)31-25-8-6-7-9-27(25)39-28(31)19-35(4,5)20-29(39)40/h6-10,15,18,22-23,38H,11-14,16-17,19-20H2,1-5H3,(H2,36,42)(H,37,43)/t22-,23-. The summed E-state index contributed by atoms with van der Waals surface area (Å²) in [5, 5.41) is 7.12. The molecule has 2 heterocycles. The lowest BCUT2D eigenvalue weighted by Crippen LogP contribution is -2.35. The summed E-state index contributed by atoms with van der Waals surface area (Å²) >= 11 is 0. The Balaban J connectivity index is 1.27. The summed E-state index contributed by atoms with van der Waals surface area (Å²) in [6, 6.07) is 13.7. The summed E-state index contributed by atoms with van der Waals surface area (Å²) in [7, 11) is 0. The van der Waals surface area contributed by atoms with Crippen molar-refractivity contribution in [2.75, 3.05) is 11.9 Å². The zero-order valence-corrected chi connectivity index (χ0v) is 26.8. The third-order valence-electron chi connectivity index (χ3n) is 8.40. The fraction of sp³-hybridized carbons (Fsp3) is 0.486. The van der Waals surface area contributed by atoms with Crippen molar-refractivity contribution < 1.29 is 28.7 Å². The van der Waals surface area contributed by atoms with Gasteiger partial charge in [0.15, 0.2) is 0 Å². The monoisotopic (exact) mass is 616 g/mol. The number of nitrogens with one attached hydrogen (secondary N) is 2. The van der Waals surface area contributed by atoms with E-state index in [1.165, 1.54) is 0 Å². The van der Waals surface area contributed by atoms with Crippen LogP contribution in [0, 0.1) is 5.41 Å². The second-order valence-electron chi connectivity index (χ2n) is 14.0. The molecular weight excluding hydrogens is 572 g/mol. The van der Waals surface area contributed by atoms with Crippen molar-refractivity contribution in [1.82, 2.24) is 9.88 Å². The molecule has 0 atom stereocenters. The van der Waals surface area contributed by atoms with Crippen LogP contribution in [-0.2, 0) is 20.7 Å². The molecule has 0 saturated heterocycles. The van der Waals surface area contributed by atoms with E-state index in [1.54, 1.807) is 26.8 Å². The van der Waals surface area contributed by atoms with Crippen molar-refractivity contribution in [3.63, 3.8) is 0 Å². The average molecular weight is 617 g/mol. The van der Waals surface area contributed by atoms with Crippen LogP contribution in [0.2, 0.25) is 0 Å². The second-order valence-corrected chi connectivity index (χ2v) is 14.0. The molecule has 0 bridgehead atoms. The minimum absolute atomic E-state index is 0.0577. The summed E-state index contributed by atoms with van der Waals surface area (Å²) < 4.78 is 12.7. The molecule has 2 amide bonds. The summed E-state index contributed by atoms with van der Waals surface area (Å²) in [6.07, 6.45) is 3.34. The Morgan fingerprint density at radius 2 is 1.73 bits per heavy atom. The number of hydrogen-bond donors (Lipinski definition) is 3. The van der Waals surface area contributed by atoms with Gasteiger partial charge in [-0.1, -0.05) is 38.1 Å². The third-order valence-corrected chi connectivity index (χ3v) is 8.40. The number of primary amides is 1. The minimum Gasteiger partial charge on any atom is -0.462 e. The molecule has 10 nitrogen and oxygen atoms in total. The van der Waals surface area contributed by atoms with Gasteiger partial charge in [0.1, 0.15) is 11.7 Å². The highest BCUT2D eigenvalue weighted by molar-refractivity contribution is 6.06. The quantitative estimate of drug-likeness (QED) is 0.256. The molecule has 1 aliphatic heterocycles. The Hall–Kier alpha value is -4.34. The first kappa shape index (κ1) is 32.1. The number of fused-ring (bicyclic) bond motifs is 3. The first-order valence-corrected chi connectivity index (χ1v) is 15.7. The molecule has 1 saturated carbocycles. The van der Waals surface area contributed by atoms with Crippen molar-refractivity contribution in [3.05, 3.63) is 53.7 Å². The molecule has 3 aromatic rings. The maximum absolute atomic E-state index is 13.3. The number of carbonyl (C=O) groups excluding carboxylic acids is 4. The summed E-state index contributed by atoms with van der Waals surface area (Å²) in [5.74, 6) is -0.796. The Labute approximate surface area is 264 Å². The highest BCUT2D eigenvalue weighted by atomic mass is 16.6. The van der Waals surface area contributed by atoms with Crippen molar-refractivity contribution in [3.8, 4) is 11.1 Å². The summed E-state index contributed by atoms with van der Waals surface area (Å²) in [5.41, 5.74) is 9.87. The molecule has 45 heavy (non-hydrogen) atoms. The predicted octanol–water partition coefficient (Wildman–Crippen LogP) is 6.20. The maximum atomic E-state index is 13.3. The number of aromatic nitrogens is 1. The van der Waals surface area contributed by atoms with Gasteiger partial charge in [-0.3, -0.25) is 19.0 Å². The molecule has 10 heteroatoms. The highest BCUT2D eigenvalue weighted by Crippen LogP contribution is 2.43. The van der Waals surface area contributed by atoms with Gasteiger partial charge in [0.05, 0.1) is 17.5 Å². The minimum atomic E-state index is -0.606. The van der Waals surface area contributed by atoms with Gasteiger partial charge in [0.25, 0.3) is 5.91 Å². The van der Waals surface area contributed by atoms with Gasteiger partial charge in [-0.15, -0.1) is 0 Å². The number of carbonyl (C=O) groups is 4. The van der Waals surface area contributed by atoms with E-state index >= 15 is 0 Å². The Morgan fingerprint density at radius 3 is 2.42 bits per heavy atom. The third kappa shape index (κ3) is 7.49. The number of hydrogen-bond acceptors (Lipinski definition) is 7. The van der Waals surface area contributed by atoms with E-state index in [2.05, 4.69) is 24.5 Å². The molecule has 0 radical (unpaired) electrons. The molecule has 2 aromatic carbocycles. The lowest BCUT2D eigenvalue weighted by Gasteiger charge is -2.31. The first-order valence-electron chi connectivity index (χ1n) is 15.7. The molecule has 5 rings (SSSR count). The van der Waals surface area contributed by atoms with Gasteiger partial charge >= 0.3 is 12.1 Å². The van der Waals surface area contributed by atoms with E-state index in [4.69, 9.17) is 15.2 Å². The number of para-hydroxylation sites is 1. The zero-order valence-electron chi connectivity index (χ0n) is 26.8. The summed E-state index contributed by atoms with van der Waals surface area (Å²) in [4.78, 5) is 49.9. The van der Waals surface area contributed by atoms with Crippen LogP contribution in [-0.4, -0.2) is 52.7 Å². The number of alkyl carbamates (subject to hydrolysis) is 1. The lowest BCUT2D eigenvalue weighted by molar-refractivity contribution is -0.150. The molecule has 0 unspecified atom stereocenters. The van der Waals surface area contributed by atoms with Gasteiger partial charge in [-0.25, -0.2) is 4.79 Å². The van der Waals surface area contributed by atoms with Crippen LogP contribution in [0.3, 0.4) is 0 Å². The molecule has 1 aromatic heterocycles. The van der Waals surface area contributed by atoms with Crippen molar-refractivity contribution in [2.45, 2.75) is 97.3 Å². The fourth-order valence-corrected chi connectivity index (χ4v) is 6.48. The van der Waals surface area contributed by atoms with Gasteiger partial charge in [-0.2, -0.15) is 0 Å². The van der Waals surface area contributed by atoms with Crippen LogP contribution in [0.15, 0.2) is 42.5 Å². The van der Waals surface area contributed by atoms with Gasteiger partial charge < -0.3 is 25.8 Å². The van der Waals surface area contributed by atoms with E-state index in [0.717, 1.165) is 47.0 Å². The van der Waals surface area contributed by atoms with Gasteiger partial charge in [0.2, 0.25) is 5.91 Å². The molecule has 0 spiro atoms. The summed E-state index contributed by atoms with van der Waals surface area (Å²) in [6.45, 7) is 9.71. The van der Waals surface area contributed by atoms with E-state index in [0.29, 0.717) is 30.5 Å². The molecule has 240 valence electrons. The van der Waals surface area contributed by atoms with Crippen LogP contribution >= 0.6 is 0 Å². The van der Waals surface area contributed by atoms with E-state index in [9.17, 15) is 19.2 Å². The largest absolute Gasteiger partial charge is 0.462 e. The Morgan fingerprint density at radius 1 is 1.02 bits per heavy atom. The van der Waals surface area contributed by atoms with Crippen LogP contribution < -0.4 is 16.4 Å². The number of esters is 1. The smallest absolute Gasteiger partial charge is 0.407 e. The van der Waals surface area contributed by atoms with Gasteiger partial charge in [0, 0.05) is 41.3 Å². The van der Waals surface area contributed by atoms with Crippen LogP contribution in [0.4, 0.5) is 10.5 Å². The highest BCUT2D eigenvalue weighted by Gasteiger charge is 2.35. The number of rotatable bonds is 8. The second kappa shape index (κ2) is 12.6.